The highest BCUT2D eigenvalue weighted by atomic mass is 19.1. The fraction of sp³-hybridized carbons (Fsp3) is 0.308. The second kappa shape index (κ2) is 4.99. The molecular weight excluding hydrogens is 219 g/mol. The lowest BCUT2D eigenvalue weighted by atomic mass is 10.2. The van der Waals surface area contributed by atoms with Crippen molar-refractivity contribution in [3.05, 3.63) is 47.5 Å². The number of aromatic nitrogens is 2. The van der Waals surface area contributed by atoms with Crippen LogP contribution in [0.15, 0.2) is 30.6 Å². The molecule has 90 valence electrons. The smallest absolute Gasteiger partial charge is 0.129 e. The first-order valence-electron chi connectivity index (χ1n) is 5.53. The van der Waals surface area contributed by atoms with Crippen LogP contribution in [-0.4, -0.2) is 16.4 Å². The van der Waals surface area contributed by atoms with E-state index in [9.17, 15) is 4.39 Å². The minimum absolute atomic E-state index is 0.238. The summed E-state index contributed by atoms with van der Waals surface area (Å²) in [7, 11) is 0. The molecule has 3 nitrogen and oxygen atoms in total. The zero-order valence-corrected chi connectivity index (χ0v) is 9.98. The first-order chi connectivity index (χ1) is 8.15. The van der Waals surface area contributed by atoms with Gasteiger partial charge in [-0.1, -0.05) is 6.07 Å². The maximum absolute atomic E-state index is 13.2. The summed E-state index contributed by atoms with van der Waals surface area (Å²) in [6.45, 7) is 4.85. The first kappa shape index (κ1) is 11.6. The molecule has 0 saturated heterocycles. The summed E-state index contributed by atoms with van der Waals surface area (Å²) in [5.41, 5.74) is 1.74. The molecule has 0 amide bonds. The highest BCUT2D eigenvalue weighted by Crippen LogP contribution is 2.15. The molecule has 0 aliphatic heterocycles. The predicted molar refractivity (Wildman–Crippen MR) is 63.6 cm³/mol. The standard InChI is InChI=1S/C13H15FN2O/c1-10-8-15-16(9-10)5-6-17-12-4-3-11(2)13(14)7-12/h3-4,7-9H,5-6H2,1-2H3. The third-order valence-corrected chi connectivity index (χ3v) is 2.49. The summed E-state index contributed by atoms with van der Waals surface area (Å²) in [6.07, 6.45) is 3.74. The minimum atomic E-state index is -0.238. The minimum Gasteiger partial charge on any atom is -0.492 e. The van der Waals surface area contributed by atoms with Crippen molar-refractivity contribution < 1.29 is 9.13 Å². The van der Waals surface area contributed by atoms with E-state index in [4.69, 9.17) is 4.74 Å². The number of halogens is 1. The topological polar surface area (TPSA) is 27.1 Å². The van der Waals surface area contributed by atoms with Crippen LogP contribution in [-0.2, 0) is 6.54 Å². The van der Waals surface area contributed by atoms with Gasteiger partial charge in [-0.25, -0.2) is 4.39 Å². The van der Waals surface area contributed by atoms with Crippen molar-refractivity contribution in [1.29, 1.82) is 0 Å². The van der Waals surface area contributed by atoms with Gasteiger partial charge in [-0.3, -0.25) is 4.68 Å². The van der Waals surface area contributed by atoms with Gasteiger partial charge in [0.05, 0.1) is 12.7 Å². The summed E-state index contributed by atoms with van der Waals surface area (Å²) in [4.78, 5) is 0. The molecular formula is C13H15FN2O. The lowest BCUT2D eigenvalue weighted by Gasteiger charge is -2.07. The molecule has 1 aromatic heterocycles. The number of benzene rings is 1. The Morgan fingerprint density at radius 3 is 2.82 bits per heavy atom. The number of hydrogen-bond donors (Lipinski definition) is 0. The Hall–Kier alpha value is -1.84. The number of hydrogen-bond acceptors (Lipinski definition) is 2. The van der Waals surface area contributed by atoms with E-state index in [0.717, 1.165) is 5.56 Å². The maximum Gasteiger partial charge on any atom is 0.129 e. The van der Waals surface area contributed by atoms with Crippen LogP contribution in [0.1, 0.15) is 11.1 Å². The third kappa shape index (κ3) is 3.06. The lowest BCUT2D eigenvalue weighted by molar-refractivity contribution is 0.290. The Bertz CT molecular complexity index is 508. The highest BCUT2D eigenvalue weighted by molar-refractivity contribution is 5.27. The summed E-state index contributed by atoms with van der Waals surface area (Å²) in [5, 5.41) is 4.14. The van der Waals surface area contributed by atoms with E-state index in [-0.39, 0.29) is 5.82 Å². The van der Waals surface area contributed by atoms with Crippen LogP contribution in [0.2, 0.25) is 0 Å². The normalized spacial score (nSPS) is 10.5. The predicted octanol–water partition coefficient (Wildman–Crippen LogP) is 2.72. The molecule has 1 aromatic carbocycles. The molecule has 0 atom stereocenters. The van der Waals surface area contributed by atoms with Gasteiger partial charge in [0.2, 0.25) is 0 Å². The fourth-order valence-electron chi connectivity index (χ4n) is 1.51. The molecule has 0 bridgehead atoms. The van der Waals surface area contributed by atoms with Crippen LogP contribution in [0.3, 0.4) is 0 Å². The van der Waals surface area contributed by atoms with Gasteiger partial charge in [0.15, 0.2) is 0 Å². The van der Waals surface area contributed by atoms with Crippen LogP contribution < -0.4 is 4.74 Å². The van der Waals surface area contributed by atoms with E-state index in [2.05, 4.69) is 5.10 Å². The van der Waals surface area contributed by atoms with Gasteiger partial charge < -0.3 is 4.74 Å². The summed E-state index contributed by atoms with van der Waals surface area (Å²) >= 11 is 0. The zero-order valence-electron chi connectivity index (χ0n) is 9.98. The van der Waals surface area contributed by atoms with E-state index in [1.807, 2.05) is 13.1 Å². The Balaban J connectivity index is 1.87. The molecule has 0 spiro atoms. The van der Waals surface area contributed by atoms with Gasteiger partial charge in [0.1, 0.15) is 18.2 Å². The van der Waals surface area contributed by atoms with Crippen LogP contribution in [0.4, 0.5) is 4.39 Å². The molecule has 2 aromatic rings. The van der Waals surface area contributed by atoms with Crippen LogP contribution in [0.25, 0.3) is 0 Å². The van der Waals surface area contributed by atoms with Gasteiger partial charge in [0.25, 0.3) is 0 Å². The van der Waals surface area contributed by atoms with E-state index >= 15 is 0 Å². The first-order valence-corrected chi connectivity index (χ1v) is 5.53. The Morgan fingerprint density at radius 2 is 2.18 bits per heavy atom. The zero-order chi connectivity index (χ0) is 12.3. The lowest BCUT2D eigenvalue weighted by Crippen LogP contribution is -2.08. The van der Waals surface area contributed by atoms with Crippen molar-refractivity contribution in [3.63, 3.8) is 0 Å². The highest BCUT2D eigenvalue weighted by Gasteiger charge is 2.00. The Kier molecular flexibility index (Phi) is 3.42. The molecule has 0 radical (unpaired) electrons. The maximum atomic E-state index is 13.2. The van der Waals surface area contributed by atoms with Crippen molar-refractivity contribution in [3.8, 4) is 5.75 Å². The molecule has 0 aliphatic rings. The number of nitrogens with zero attached hydrogens (tertiary/aromatic N) is 2. The fourth-order valence-corrected chi connectivity index (χ4v) is 1.51. The Labute approximate surface area is 99.8 Å². The SMILES string of the molecule is Cc1cnn(CCOc2ccc(C)c(F)c2)c1. The van der Waals surface area contributed by atoms with Gasteiger partial charge in [-0.2, -0.15) is 5.10 Å². The quantitative estimate of drug-likeness (QED) is 0.813. The second-order valence-electron chi connectivity index (χ2n) is 4.04. The molecule has 0 unspecified atom stereocenters. The second-order valence-corrected chi connectivity index (χ2v) is 4.04. The van der Waals surface area contributed by atoms with E-state index < -0.39 is 0 Å². The van der Waals surface area contributed by atoms with E-state index in [1.165, 1.54) is 6.07 Å². The molecule has 0 aliphatic carbocycles. The largest absolute Gasteiger partial charge is 0.492 e. The van der Waals surface area contributed by atoms with Crippen molar-refractivity contribution in [2.75, 3.05) is 6.61 Å². The molecule has 1 heterocycles. The van der Waals surface area contributed by atoms with Gasteiger partial charge in [0, 0.05) is 12.3 Å². The van der Waals surface area contributed by atoms with Gasteiger partial charge >= 0.3 is 0 Å². The summed E-state index contributed by atoms with van der Waals surface area (Å²) < 4.78 is 20.5. The third-order valence-electron chi connectivity index (χ3n) is 2.49. The van der Waals surface area contributed by atoms with E-state index in [0.29, 0.717) is 24.5 Å². The monoisotopic (exact) mass is 234 g/mol. The van der Waals surface area contributed by atoms with Crippen molar-refractivity contribution >= 4 is 0 Å². The van der Waals surface area contributed by atoms with Gasteiger partial charge in [-0.15, -0.1) is 0 Å². The van der Waals surface area contributed by atoms with Crippen molar-refractivity contribution in [2.45, 2.75) is 20.4 Å². The number of rotatable bonds is 4. The van der Waals surface area contributed by atoms with E-state index in [1.54, 1.807) is 29.9 Å². The molecule has 4 heteroatoms. The molecule has 2 rings (SSSR count). The molecule has 17 heavy (non-hydrogen) atoms. The van der Waals surface area contributed by atoms with Crippen molar-refractivity contribution in [2.24, 2.45) is 0 Å². The summed E-state index contributed by atoms with van der Waals surface area (Å²) in [5.74, 6) is 0.314. The number of ether oxygens (including phenoxy) is 1. The van der Waals surface area contributed by atoms with Crippen LogP contribution >= 0.6 is 0 Å². The summed E-state index contributed by atoms with van der Waals surface area (Å²) in [6, 6.07) is 4.89. The van der Waals surface area contributed by atoms with Crippen molar-refractivity contribution in [1.82, 2.24) is 9.78 Å². The van der Waals surface area contributed by atoms with Gasteiger partial charge in [-0.05, 0) is 31.0 Å². The molecule has 0 fully saturated rings. The molecule has 0 N–H and O–H groups in total. The van der Waals surface area contributed by atoms with Crippen LogP contribution in [0.5, 0.6) is 5.75 Å². The average molecular weight is 234 g/mol. The molecule has 0 saturated carbocycles. The Morgan fingerprint density at radius 1 is 1.35 bits per heavy atom. The van der Waals surface area contributed by atoms with Crippen LogP contribution in [0, 0.1) is 19.7 Å². The number of aryl methyl sites for hydroxylation is 2. The average Bonchev–Trinajstić information content (AvgIpc) is 2.70.